The summed E-state index contributed by atoms with van der Waals surface area (Å²) in [6.07, 6.45) is -5.22. The summed E-state index contributed by atoms with van der Waals surface area (Å²) in [7, 11) is 0. The summed E-state index contributed by atoms with van der Waals surface area (Å²) >= 11 is 0. The lowest BCUT2D eigenvalue weighted by molar-refractivity contribution is 0.411. The van der Waals surface area contributed by atoms with E-state index < -0.39 is 31.4 Å². The normalized spacial score (nSPS) is 17.7. The van der Waals surface area contributed by atoms with Gasteiger partial charge in [-0.25, -0.2) is 4.98 Å². The highest BCUT2D eigenvalue weighted by molar-refractivity contribution is 6.08. The van der Waals surface area contributed by atoms with E-state index >= 15 is 0 Å². The Morgan fingerprint density at radius 3 is 2.45 bits per heavy atom. The summed E-state index contributed by atoms with van der Waals surface area (Å²) < 4.78 is 81.3. The zero-order valence-corrected chi connectivity index (χ0v) is 18.7. The number of furan rings is 1. The van der Waals surface area contributed by atoms with Gasteiger partial charge in [0.05, 0.1) is 5.69 Å². The molecule has 3 heterocycles. The minimum Gasteiger partial charge on any atom is -0.437 e. The summed E-state index contributed by atoms with van der Waals surface area (Å²) in [4.78, 5) is 8.61. The molecule has 0 aliphatic rings. The molecule has 5 aromatic rings. The van der Waals surface area contributed by atoms with Crippen LogP contribution >= 0.6 is 0 Å². The van der Waals surface area contributed by atoms with E-state index in [0.717, 1.165) is 0 Å². The first-order valence-electron chi connectivity index (χ1n) is 15.3. The van der Waals surface area contributed by atoms with Crippen molar-refractivity contribution in [2.45, 2.75) is 46.7 Å². The van der Waals surface area contributed by atoms with Crippen LogP contribution in [0.5, 0.6) is 0 Å². The molecule has 0 spiro atoms. The lowest BCUT2D eigenvalue weighted by atomic mass is 9.88. The maximum atomic E-state index is 8.88. The summed E-state index contributed by atoms with van der Waals surface area (Å²) in [6.45, 7) is 2.97. The van der Waals surface area contributed by atoms with Crippen LogP contribution in [0.3, 0.4) is 0 Å². The van der Waals surface area contributed by atoms with Gasteiger partial charge < -0.3 is 4.42 Å². The number of aryl methyl sites for hydroxylation is 3. The van der Waals surface area contributed by atoms with E-state index in [0.29, 0.717) is 33.2 Å². The largest absolute Gasteiger partial charge is 0.437 e. The quantitative estimate of drug-likeness (QED) is 0.279. The third-order valence-electron chi connectivity index (χ3n) is 5.16. The second-order valence-electron chi connectivity index (χ2n) is 8.97. The van der Waals surface area contributed by atoms with Gasteiger partial charge in [-0.15, -0.1) is 0 Å². The van der Waals surface area contributed by atoms with E-state index in [1.165, 1.54) is 48.7 Å². The van der Waals surface area contributed by atoms with Gasteiger partial charge in [0, 0.05) is 40.6 Å². The monoisotopic (exact) mass is 443 g/mol. The standard InChI is InChI=1S/C30H30N2O/c1-20-8-15-25-24-6-5-7-26(28(24)33-29(25)32-20)27-18-22(16-17-31-27)12-9-21-10-13-23(14-11-21)19-30(2,3)4/h5-8,10-11,13-18H,9,12,19H2,1-4H3/i1D3,9D2,12D2,19D2. The number of rotatable bonds is 5. The van der Waals surface area contributed by atoms with Crippen LogP contribution in [-0.4, -0.2) is 9.97 Å². The van der Waals surface area contributed by atoms with Gasteiger partial charge in [0.25, 0.3) is 0 Å². The molecule has 0 aliphatic heterocycles. The molecule has 3 heteroatoms. The van der Waals surface area contributed by atoms with Gasteiger partial charge >= 0.3 is 0 Å². The minimum absolute atomic E-state index is 0.0579. The third kappa shape index (κ3) is 4.68. The average Bonchev–Trinajstić information content (AvgIpc) is 3.30. The lowest BCUT2D eigenvalue weighted by Crippen LogP contribution is -2.09. The molecule has 0 fully saturated rings. The highest BCUT2D eigenvalue weighted by Gasteiger charge is 2.14. The predicted octanol–water partition coefficient (Wildman–Crippen LogP) is 7.73. The number of hydrogen-bond donors (Lipinski definition) is 0. The molecule has 166 valence electrons. The zero-order valence-electron chi connectivity index (χ0n) is 27.7. The average molecular weight is 444 g/mol. The summed E-state index contributed by atoms with van der Waals surface area (Å²) in [5, 5.41) is 1.31. The van der Waals surface area contributed by atoms with Crippen LogP contribution < -0.4 is 0 Å². The van der Waals surface area contributed by atoms with Gasteiger partial charge in [0.15, 0.2) is 0 Å². The van der Waals surface area contributed by atoms with Crippen LogP contribution in [0.4, 0.5) is 0 Å². The van der Waals surface area contributed by atoms with E-state index in [9.17, 15) is 0 Å². The summed E-state index contributed by atoms with van der Waals surface area (Å²) in [5.74, 6) is 0. The van der Waals surface area contributed by atoms with Gasteiger partial charge in [-0.3, -0.25) is 4.98 Å². The van der Waals surface area contributed by atoms with Gasteiger partial charge in [-0.05, 0) is 78.4 Å². The maximum Gasteiger partial charge on any atom is 0.227 e. The lowest BCUT2D eigenvalue weighted by Gasteiger charge is -2.18. The number of pyridine rings is 2. The Balaban J connectivity index is 1.55. The fraction of sp³-hybridized carbons (Fsp3) is 0.267. The first-order valence-corrected chi connectivity index (χ1v) is 10.8. The number of hydrogen-bond acceptors (Lipinski definition) is 3. The Bertz CT molecular complexity index is 1780. The maximum absolute atomic E-state index is 8.88. The van der Waals surface area contributed by atoms with Crippen LogP contribution in [0, 0.1) is 12.3 Å². The molecule has 0 amide bonds. The Labute approximate surface area is 208 Å². The highest BCUT2D eigenvalue weighted by atomic mass is 16.3. The van der Waals surface area contributed by atoms with Crippen molar-refractivity contribution >= 4 is 22.1 Å². The molecule has 0 N–H and O–H groups in total. The molecule has 3 nitrogen and oxygen atoms in total. The van der Waals surface area contributed by atoms with Crippen molar-refractivity contribution in [2.75, 3.05) is 0 Å². The van der Waals surface area contributed by atoms with Crippen LogP contribution in [0.15, 0.2) is 77.3 Å². The Morgan fingerprint density at radius 2 is 1.67 bits per heavy atom. The first-order chi connectivity index (χ1) is 19.4. The number of fused-ring (bicyclic) bond motifs is 3. The Kier molecular flexibility index (Phi) is 3.41. The van der Waals surface area contributed by atoms with Gasteiger partial charge in [0.2, 0.25) is 5.71 Å². The molecule has 0 unspecified atom stereocenters. The fourth-order valence-corrected chi connectivity index (χ4v) is 3.75. The van der Waals surface area contributed by atoms with E-state index in [1.54, 1.807) is 39.0 Å². The molecule has 0 radical (unpaired) electrons. The summed E-state index contributed by atoms with van der Waals surface area (Å²) in [6, 6.07) is 17.2. The number of benzene rings is 2. The molecule has 0 atom stereocenters. The smallest absolute Gasteiger partial charge is 0.227 e. The third-order valence-corrected chi connectivity index (χ3v) is 5.16. The first kappa shape index (κ1) is 13.3. The van der Waals surface area contributed by atoms with Crippen molar-refractivity contribution < 1.29 is 16.8 Å². The van der Waals surface area contributed by atoms with Crippen molar-refractivity contribution in [1.29, 1.82) is 0 Å². The number of aromatic nitrogens is 2. The van der Waals surface area contributed by atoms with Crippen LogP contribution in [0.25, 0.3) is 33.3 Å². The second kappa shape index (κ2) is 8.47. The van der Waals surface area contributed by atoms with Gasteiger partial charge in [-0.2, -0.15) is 0 Å². The van der Waals surface area contributed by atoms with Crippen LogP contribution in [0.1, 0.15) is 55.5 Å². The summed E-state index contributed by atoms with van der Waals surface area (Å²) in [5.41, 5.74) is 1.18. The van der Waals surface area contributed by atoms with E-state index in [1.807, 2.05) is 6.07 Å². The SMILES string of the molecule is [2H]C([2H])([2H])c1ccc2c(n1)oc1c(-c3cc(C([2H])([2H])C([2H])([2H])c4ccc(C([2H])([2H])C(C)(C)C)cc4)ccn3)cccc12. The number of para-hydroxylation sites is 1. The van der Waals surface area contributed by atoms with E-state index in [2.05, 4.69) is 9.97 Å². The molecule has 0 bridgehead atoms. The molecule has 33 heavy (non-hydrogen) atoms. The molecule has 0 saturated heterocycles. The van der Waals surface area contributed by atoms with Crippen LogP contribution in [-0.2, 0) is 19.1 Å². The molecule has 2 aromatic carbocycles. The van der Waals surface area contributed by atoms with Crippen molar-refractivity contribution in [3.05, 3.63) is 95.3 Å². The van der Waals surface area contributed by atoms with Gasteiger partial charge in [0.1, 0.15) is 5.58 Å². The van der Waals surface area contributed by atoms with Crippen molar-refractivity contribution in [2.24, 2.45) is 5.41 Å². The topological polar surface area (TPSA) is 38.9 Å². The zero-order chi connectivity index (χ0) is 30.9. The molecular formula is C30H30N2O. The molecule has 0 saturated carbocycles. The molecular weight excluding hydrogens is 404 g/mol. The van der Waals surface area contributed by atoms with Crippen molar-refractivity contribution in [1.82, 2.24) is 9.97 Å². The van der Waals surface area contributed by atoms with Crippen LogP contribution in [0.2, 0.25) is 0 Å². The molecule has 5 rings (SSSR count). The minimum atomic E-state index is -2.49. The predicted molar refractivity (Wildman–Crippen MR) is 136 cm³/mol. The van der Waals surface area contributed by atoms with E-state index in [-0.39, 0.29) is 22.5 Å². The van der Waals surface area contributed by atoms with Crippen molar-refractivity contribution in [3.8, 4) is 11.3 Å². The molecule has 0 aliphatic carbocycles. The fourth-order valence-electron chi connectivity index (χ4n) is 3.75. The Hall–Kier alpha value is -3.46. The number of nitrogens with zero attached hydrogens (tertiary/aromatic N) is 2. The molecule has 3 aromatic heterocycles. The van der Waals surface area contributed by atoms with E-state index in [4.69, 9.17) is 16.8 Å². The van der Waals surface area contributed by atoms with Crippen molar-refractivity contribution in [3.63, 3.8) is 0 Å². The second-order valence-corrected chi connectivity index (χ2v) is 8.97. The van der Waals surface area contributed by atoms with Gasteiger partial charge in [-0.1, -0.05) is 57.2 Å². The highest BCUT2D eigenvalue weighted by Crippen LogP contribution is 2.34. The Morgan fingerprint density at radius 1 is 0.879 bits per heavy atom.